The standard InChI is InChI=1S/C20H23NO5/c1-3-26-17-6-4-5-16(11-17)14-7-9-15(10-8-14)20(25)21-19(13(2)23)18(24)12-22/h4-11,13,19,22-23H,3,12H2,1-2H3,(H,21,25)/t13-,19+/m1/s1. The van der Waals surface area contributed by atoms with Crippen LogP contribution in [0.2, 0.25) is 0 Å². The van der Waals surface area contributed by atoms with Gasteiger partial charge in [-0.25, -0.2) is 0 Å². The lowest BCUT2D eigenvalue weighted by atomic mass is 10.0. The Kier molecular flexibility index (Phi) is 6.89. The van der Waals surface area contributed by atoms with E-state index in [4.69, 9.17) is 9.84 Å². The third kappa shape index (κ3) is 4.91. The molecule has 0 aliphatic carbocycles. The summed E-state index contributed by atoms with van der Waals surface area (Å²) in [4.78, 5) is 23.9. The Morgan fingerprint density at radius 1 is 1.12 bits per heavy atom. The number of aliphatic hydroxyl groups is 2. The molecular formula is C20H23NO5. The number of hydrogen-bond acceptors (Lipinski definition) is 5. The number of carbonyl (C=O) groups is 2. The van der Waals surface area contributed by atoms with Crippen LogP contribution in [-0.4, -0.2) is 47.3 Å². The summed E-state index contributed by atoms with van der Waals surface area (Å²) < 4.78 is 5.49. The van der Waals surface area contributed by atoms with Crippen molar-refractivity contribution in [2.45, 2.75) is 26.0 Å². The lowest BCUT2D eigenvalue weighted by molar-refractivity contribution is -0.125. The average Bonchev–Trinajstić information content (AvgIpc) is 2.65. The summed E-state index contributed by atoms with van der Waals surface area (Å²) in [6.45, 7) is 3.14. The smallest absolute Gasteiger partial charge is 0.251 e. The van der Waals surface area contributed by atoms with Crippen molar-refractivity contribution >= 4 is 11.7 Å². The van der Waals surface area contributed by atoms with Gasteiger partial charge < -0.3 is 20.3 Å². The van der Waals surface area contributed by atoms with Crippen LogP contribution in [0.4, 0.5) is 0 Å². The number of hydrogen-bond donors (Lipinski definition) is 3. The van der Waals surface area contributed by atoms with Gasteiger partial charge >= 0.3 is 0 Å². The summed E-state index contributed by atoms with van der Waals surface area (Å²) in [5.41, 5.74) is 2.23. The molecule has 26 heavy (non-hydrogen) atoms. The molecule has 0 aromatic heterocycles. The molecule has 0 radical (unpaired) electrons. The van der Waals surface area contributed by atoms with E-state index in [-0.39, 0.29) is 0 Å². The van der Waals surface area contributed by atoms with Crippen LogP contribution in [0.3, 0.4) is 0 Å². The van der Waals surface area contributed by atoms with Gasteiger partial charge in [0, 0.05) is 5.56 Å². The van der Waals surface area contributed by atoms with Gasteiger partial charge in [-0.1, -0.05) is 24.3 Å². The molecule has 0 bridgehead atoms. The molecule has 0 aliphatic rings. The number of amides is 1. The molecule has 6 nitrogen and oxygen atoms in total. The lowest BCUT2D eigenvalue weighted by Gasteiger charge is -2.19. The van der Waals surface area contributed by atoms with Gasteiger partial charge in [-0.15, -0.1) is 0 Å². The van der Waals surface area contributed by atoms with Gasteiger partial charge in [0.15, 0.2) is 5.78 Å². The second-order valence-corrected chi connectivity index (χ2v) is 5.85. The van der Waals surface area contributed by atoms with Crippen molar-refractivity contribution in [2.75, 3.05) is 13.2 Å². The quantitative estimate of drug-likeness (QED) is 0.669. The summed E-state index contributed by atoms with van der Waals surface area (Å²) in [7, 11) is 0. The van der Waals surface area contributed by atoms with Gasteiger partial charge in [-0.05, 0) is 49.2 Å². The molecule has 2 aromatic rings. The fraction of sp³-hybridized carbons (Fsp3) is 0.300. The van der Waals surface area contributed by atoms with Crippen LogP contribution < -0.4 is 10.1 Å². The van der Waals surface area contributed by atoms with Crippen LogP contribution in [0.15, 0.2) is 48.5 Å². The molecule has 2 aromatic carbocycles. The molecule has 3 N–H and O–H groups in total. The number of rotatable bonds is 8. The highest BCUT2D eigenvalue weighted by molar-refractivity contribution is 5.98. The highest BCUT2D eigenvalue weighted by atomic mass is 16.5. The average molecular weight is 357 g/mol. The minimum absolute atomic E-state index is 0.353. The molecule has 0 saturated carbocycles. The molecule has 2 atom stereocenters. The minimum Gasteiger partial charge on any atom is -0.494 e. The van der Waals surface area contributed by atoms with E-state index in [0.717, 1.165) is 16.9 Å². The van der Waals surface area contributed by atoms with Crippen molar-refractivity contribution < 1.29 is 24.5 Å². The number of carbonyl (C=O) groups excluding carboxylic acids is 2. The molecule has 0 fully saturated rings. The molecule has 0 saturated heterocycles. The van der Waals surface area contributed by atoms with Crippen LogP contribution >= 0.6 is 0 Å². The van der Waals surface area contributed by atoms with E-state index >= 15 is 0 Å². The molecule has 1 amide bonds. The number of ether oxygens (including phenoxy) is 1. The van der Waals surface area contributed by atoms with Crippen LogP contribution in [0.1, 0.15) is 24.2 Å². The van der Waals surface area contributed by atoms with E-state index in [1.54, 1.807) is 24.3 Å². The normalized spacial score (nSPS) is 12.9. The van der Waals surface area contributed by atoms with Gasteiger partial charge in [0.1, 0.15) is 18.4 Å². The predicted octanol–water partition coefficient (Wildman–Crippen LogP) is 1.79. The summed E-state index contributed by atoms with van der Waals surface area (Å²) in [6, 6.07) is 13.4. The largest absolute Gasteiger partial charge is 0.494 e. The molecule has 0 unspecified atom stereocenters. The second kappa shape index (κ2) is 9.12. The summed E-state index contributed by atoms with van der Waals surface area (Å²) in [5.74, 6) is -0.362. The van der Waals surface area contributed by atoms with E-state index in [1.165, 1.54) is 6.92 Å². The minimum atomic E-state index is -1.14. The van der Waals surface area contributed by atoms with Crippen molar-refractivity contribution in [1.82, 2.24) is 5.32 Å². The predicted molar refractivity (Wildman–Crippen MR) is 98.1 cm³/mol. The molecule has 6 heteroatoms. The Balaban J connectivity index is 2.14. The van der Waals surface area contributed by atoms with Crippen molar-refractivity contribution in [3.63, 3.8) is 0 Å². The topological polar surface area (TPSA) is 95.9 Å². The molecule has 0 aliphatic heterocycles. The first kappa shape index (κ1) is 19.6. The monoisotopic (exact) mass is 357 g/mol. The first-order chi connectivity index (χ1) is 12.5. The van der Waals surface area contributed by atoms with E-state index in [9.17, 15) is 14.7 Å². The van der Waals surface area contributed by atoms with Crippen molar-refractivity contribution in [2.24, 2.45) is 0 Å². The SMILES string of the molecule is CCOc1cccc(-c2ccc(C(=O)N[C@H](C(=O)CO)[C@@H](C)O)cc2)c1. The molecule has 2 rings (SSSR count). The first-order valence-corrected chi connectivity index (χ1v) is 8.42. The van der Waals surface area contributed by atoms with Gasteiger partial charge in [0.25, 0.3) is 5.91 Å². The Bertz CT molecular complexity index is 755. The third-order valence-electron chi connectivity index (χ3n) is 3.90. The van der Waals surface area contributed by atoms with Gasteiger partial charge in [-0.2, -0.15) is 0 Å². The van der Waals surface area contributed by atoms with Crippen LogP contribution in [0.5, 0.6) is 5.75 Å². The zero-order chi connectivity index (χ0) is 19.1. The van der Waals surface area contributed by atoms with Crippen LogP contribution in [0.25, 0.3) is 11.1 Å². The molecule has 0 heterocycles. The maximum Gasteiger partial charge on any atom is 0.251 e. The first-order valence-electron chi connectivity index (χ1n) is 8.42. The fourth-order valence-electron chi connectivity index (χ4n) is 2.54. The Morgan fingerprint density at radius 2 is 1.81 bits per heavy atom. The molecule has 0 spiro atoms. The highest BCUT2D eigenvalue weighted by Crippen LogP contribution is 2.24. The molecule has 138 valence electrons. The Hall–Kier alpha value is -2.70. The number of benzene rings is 2. The zero-order valence-electron chi connectivity index (χ0n) is 14.8. The fourth-order valence-corrected chi connectivity index (χ4v) is 2.54. The Morgan fingerprint density at radius 3 is 2.38 bits per heavy atom. The second-order valence-electron chi connectivity index (χ2n) is 5.85. The van der Waals surface area contributed by atoms with Crippen LogP contribution in [0, 0.1) is 0 Å². The summed E-state index contributed by atoms with van der Waals surface area (Å²) >= 11 is 0. The third-order valence-corrected chi connectivity index (χ3v) is 3.90. The van der Waals surface area contributed by atoms with Crippen molar-refractivity contribution in [1.29, 1.82) is 0 Å². The maximum absolute atomic E-state index is 12.3. The van der Waals surface area contributed by atoms with Crippen molar-refractivity contribution in [3.05, 3.63) is 54.1 Å². The number of nitrogens with one attached hydrogen (secondary N) is 1. The zero-order valence-corrected chi connectivity index (χ0v) is 14.8. The Labute approximate surface area is 152 Å². The number of aliphatic hydroxyl groups excluding tert-OH is 2. The van der Waals surface area contributed by atoms with Crippen LogP contribution in [-0.2, 0) is 4.79 Å². The van der Waals surface area contributed by atoms with E-state index in [0.29, 0.717) is 12.2 Å². The maximum atomic E-state index is 12.3. The number of Topliss-reactive ketones (excluding diaryl/α,β-unsaturated/α-hetero) is 1. The van der Waals surface area contributed by atoms with Gasteiger partial charge in [-0.3, -0.25) is 9.59 Å². The highest BCUT2D eigenvalue weighted by Gasteiger charge is 2.25. The molecular weight excluding hydrogens is 334 g/mol. The van der Waals surface area contributed by atoms with Gasteiger partial charge in [0.2, 0.25) is 0 Å². The van der Waals surface area contributed by atoms with Crippen molar-refractivity contribution in [3.8, 4) is 16.9 Å². The summed E-state index contributed by atoms with van der Waals surface area (Å²) in [6.07, 6.45) is -1.10. The lowest BCUT2D eigenvalue weighted by Crippen LogP contribution is -2.48. The van der Waals surface area contributed by atoms with E-state index in [2.05, 4.69) is 5.32 Å². The van der Waals surface area contributed by atoms with Gasteiger partial charge in [0.05, 0.1) is 12.7 Å². The van der Waals surface area contributed by atoms with E-state index in [1.807, 2.05) is 31.2 Å². The van der Waals surface area contributed by atoms with E-state index < -0.39 is 30.4 Å². The summed E-state index contributed by atoms with van der Waals surface area (Å²) in [5, 5.41) is 21.0. The number of ketones is 1.